The van der Waals surface area contributed by atoms with Gasteiger partial charge in [0.25, 0.3) is 0 Å². The van der Waals surface area contributed by atoms with Gasteiger partial charge < -0.3 is 0 Å². The summed E-state index contributed by atoms with van der Waals surface area (Å²) in [6.07, 6.45) is 5.05. The molecule has 0 aliphatic heterocycles. The lowest BCUT2D eigenvalue weighted by atomic mass is 9.89. The number of alkyl halides is 1. The SMILES string of the molecule is CCCCCC(Cl)C(C)(C)C. The Kier molecular flexibility index (Phi) is 5.16. The Balaban J connectivity index is 3.44. The van der Waals surface area contributed by atoms with Crippen molar-refractivity contribution in [3.63, 3.8) is 0 Å². The normalized spacial score (nSPS) is 15.0. The van der Waals surface area contributed by atoms with E-state index in [1.54, 1.807) is 0 Å². The van der Waals surface area contributed by atoms with Crippen molar-refractivity contribution < 1.29 is 0 Å². The molecule has 0 rings (SSSR count). The molecule has 0 aromatic carbocycles. The Bertz CT molecular complexity index is 91.5. The number of unbranched alkanes of at least 4 members (excludes halogenated alkanes) is 2. The van der Waals surface area contributed by atoms with Crippen LogP contribution < -0.4 is 0 Å². The second-order valence-electron chi connectivity index (χ2n) is 4.33. The van der Waals surface area contributed by atoms with E-state index in [0.29, 0.717) is 5.38 Å². The van der Waals surface area contributed by atoms with Gasteiger partial charge in [-0.25, -0.2) is 0 Å². The first kappa shape index (κ1) is 11.3. The van der Waals surface area contributed by atoms with Crippen LogP contribution in [0.3, 0.4) is 0 Å². The number of halogens is 1. The standard InChI is InChI=1S/C10H21Cl/c1-5-6-7-8-9(11)10(2,3)4/h9H,5-8H2,1-4H3. The van der Waals surface area contributed by atoms with Crippen molar-refractivity contribution >= 4 is 11.6 Å². The Hall–Kier alpha value is 0.290. The lowest BCUT2D eigenvalue weighted by molar-refractivity contribution is 0.366. The molecule has 11 heavy (non-hydrogen) atoms. The van der Waals surface area contributed by atoms with Crippen LogP contribution in [-0.2, 0) is 0 Å². The Labute approximate surface area is 76.3 Å². The van der Waals surface area contributed by atoms with E-state index < -0.39 is 0 Å². The van der Waals surface area contributed by atoms with Crippen molar-refractivity contribution in [2.45, 2.75) is 58.8 Å². The summed E-state index contributed by atoms with van der Waals surface area (Å²) in [5, 5.41) is 0.342. The van der Waals surface area contributed by atoms with E-state index in [2.05, 4.69) is 27.7 Å². The van der Waals surface area contributed by atoms with Crippen molar-refractivity contribution in [1.82, 2.24) is 0 Å². The fourth-order valence-corrected chi connectivity index (χ4v) is 1.16. The van der Waals surface area contributed by atoms with E-state index in [1.807, 2.05) is 0 Å². The molecule has 0 aliphatic carbocycles. The summed E-state index contributed by atoms with van der Waals surface area (Å²) in [5.74, 6) is 0. The summed E-state index contributed by atoms with van der Waals surface area (Å²) in [5.41, 5.74) is 0.273. The van der Waals surface area contributed by atoms with E-state index in [1.165, 1.54) is 25.7 Å². The van der Waals surface area contributed by atoms with Gasteiger partial charge in [0.05, 0.1) is 0 Å². The first-order chi connectivity index (χ1) is 4.98. The van der Waals surface area contributed by atoms with Crippen LogP contribution in [0.5, 0.6) is 0 Å². The van der Waals surface area contributed by atoms with Crippen molar-refractivity contribution in [1.29, 1.82) is 0 Å². The van der Waals surface area contributed by atoms with Crippen LogP contribution in [-0.4, -0.2) is 5.38 Å². The lowest BCUT2D eigenvalue weighted by Gasteiger charge is -2.24. The summed E-state index contributed by atoms with van der Waals surface area (Å²) in [6.45, 7) is 8.84. The quantitative estimate of drug-likeness (QED) is 0.445. The fourth-order valence-electron chi connectivity index (χ4n) is 1.01. The summed E-state index contributed by atoms with van der Waals surface area (Å²) in [7, 11) is 0. The molecule has 0 radical (unpaired) electrons. The Morgan fingerprint density at radius 1 is 1.18 bits per heavy atom. The van der Waals surface area contributed by atoms with Gasteiger partial charge in [-0.2, -0.15) is 0 Å². The summed E-state index contributed by atoms with van der Waals surface area (Å²) >= 11 is 6.19. The van der Waals surface area contributed by atoms with Gasteiger partial charge in [-0.15, -0.1) is 11.6 Å². The largest absolute Gasteiger partial charge is 0.122 e. The second-order valence-corrected chi connectivity index (χ2v) is 4.86. The molecule has 0 fully saturated rings. The van der Waals surface area contributed by atoms with Gasteiger partial charge in [0.15, 0.2) is 0 Å². The van der Waals surface area contributed by atoms with E-state index >= 15 is 0 Å². The predicted octanol–water partition coefficient (Wildman–Crippen LogP) is 4.22. The molecule has 1 heteroatoms. The lowest BCUT2D eigenvalue weighted by Crippen LogP contribution is -2.20. The Morgan fingerprint density at radius 2 is 1.73 bits per heavy atom. The zero-order chi connectivity index (χ0) is 8.91. The molecular weight excluding hydrogens is 156 g/mol. The van der Waals surface area contributed by atoms with E-state index in [4.69, 9.17) is 11.6 Å². The minimum absolute atomic E-state index is 0.273. The summed E-state index contributed by atoms with van der Waals surface area (Å²) in [4.78, 5) is 0. The smallest absolute Gasteiger partial charge is 0.0384 e. The minimum atomic E-state index is 0.273. The van der Waals surface area contributed by atoms with Gasteiger partial charge in [-0.3, -0.25) is 0 Å². The van der Waals surface area contributed by atoms with Gasteiger partial charge >= 0.3 is 0 Å². The number of rotatable bonds is 4. The Morgan fingerprint density at radius 3 is 2.09 bits per heavy atom. The highest BCUT2D eigenvalue weighted by atomic mass is 35.5. The third-order valence-corrected chi connectivity index (χ3v) is 2.87. The molecule has 0 N–H and O–H groups in total. The molecule has 0 bridgehead atoms. The van der Waals surface area contributed by atoms with Crippen LogP contribution in [0.15, 0.2) is 0 Å². The van der Waals surface area contributed by atoms with Crippen molar-refractivity contribution in [3.05, 3.63) is 0 Å². The number of hydrogen-bond acceptors (Lipinski definition) is 0. The van der Waals surface area contributed by atoms with E-state index in [0.717, 1.165) is 0 Å². The molecule has 0 nitrogen and oxygen atoms in total. The zero-order valence-corrected chi connectivity index (χ0v) is 9.04. The molecule has 0 aromatic rings. The summed E-state index contributed by atoms with van der Waals surface area (Å²) < 4.78 is 0. The van der Waals surface area contributed by atoms with Gasteiger partial charge in [0, 0.05) is 5.38 Å². The molecule has 0 spiro atoms. The molecule has 0 heterocycles. The number of hydrogen-bond donors (Lipinski definition) is 0. The summed E-state index contributed by atoms with van der Waals surface area (Å²) in [6, 6.07) is 0. The van der Waals surface area contributed by atoms with Crippen LogP contribution >= 0.6 is 11.6 Å². The van der Waals surface area contributed by atoms with Crippen molar-refractivity contribution in [2.75, 3.05) is 0 Å². The maximum Gasteiger partial charge on any atom is 0.0384 e. The second kappa shape index (κ2) is 5.03. The van der Waals surface area contributed by atoms with E-state index in [-0.39, 0.29) is 5.41 Å². The van der Waals surface area contributed by atoms with Gasteiger partial charge in [-0.05, 0) is 11.8 Å². The third kappa shape index (κ3) is 5.55. The van der Waals surface area contributed by atoms with Gasteiger partial charge in [0.2, 0.25) is 0 Å². The molecule has 0 saturated carbocycles. The molecule has 0 amide bonds. The third-order valence-electron chi connectivity index (χ3n) is 2.00. The molecule has 68 valence electrons. The molecule has 0 aliphatic rings. The highest BCUT2D eigenvalue weighted by Gasteiger charge is 2.20. The monoisotopic (exact) mass is 176 g/mol. The predicted molar refractivity (Wildman–Crippen MR) is 53.2 cm³/mol. The molecular formula is C10H21Cl. The topological polar surface area (TPSA) is 0 Å². The average molecular weight is 177 g/mol. The molecule has 1 atom stereocenters. The highest BCUT2D eigenvalue weighted by Crippen LogP contribution is 2.28. The van der Waals surface area contributed by atoms with Crippen molar-refractivity contribution in [2.24, 2.45) is 5.41 Å². The van der Waals surface area contributed by atoms with Crippen LogP contribution in [0.25, 0.3) is 0 Å². The van der Waals surface area contributed by atoms with E-state index in [9.17, 15) is 0 Å². The minimum Gasteiger partial charge on any atom is -0.122 e. The molecule has 1 unspecified atom stereocenters. The van der Waals surface area contributed by atoms with Crippen LogP contribution in [0, 0.1) is 5.41 Å². The molecule has 0 aromatic heterocycles. The van der Waals surface area contributed by atoms with Crippen LogP contribution in [0.2, 0.25) is 0 Å². The fraction of sp³-hybridized carbons (Fsp3) is 1.00. The van der Waals surface area contributed by atoms with Crippen LogP contribution in [0.4, 0.5) is 0 Å². The maximum absolute atomic E-state index is 6.19. The van der Waals surface area contributed by atoms with Crippen LogP contribution in [0.1, 0.15) is 53.4 Å². The molecule has 0 saturated heterocycles. The average Bonchev–Trinajstić information content (AvgIpc) is 1.86. The van der Waals surface area contributed by atoms with Crippen molar-refractivity contribution in [3.8, 4) is 0 Å². The zero-order valence-electron chi connectivity index (χ0n) is 8.28. The van der Waals surface area contributed by atoms with Gasteiger partial charge in [-0.1, -0.05) is 47.0 Å². The maximum atomic E-state index is 6.19. The highest BCUT2D eigenvalue weighted by molar-refractivity contribution is 6.21. The first-order valence-corrected chi connectivity index (χ1v) is 5.06. The van der Waals surface area contributed by atoms with Gasteiger partial charge in [0.1, 0.15) is 0 Å². The first-order valence-electron chi connectivity index (χ1n) is 4.62.